The standard InChI is InChI=1S/C9H11NO5/c1-14-3-2-5-8(9(12)13)10-6(11)4-7(10)15-5/h2,7-8H,3-4H2,1H3,(H,12,13)/p-1/b5-2-. The maximum absolute atomic E-state index is 11.1. The molecular weight excluding hydrogens is 202 g/mol. The minimum absolute atomic E-state index is 0.227. The van der Waals surface area contributed by atoms with Crippen molar-refractivity contribution in [3.05, 3.63) is 11.8 Å². The van der Waals surface area contributed by atoms with Gasteiger partial charge in [0.1, 0.15) is 11.8 Å². The molecule has 0 aromatic carbocycles. The van der Waals surface area contributed by atoms with Crippen LogP contribution in [-0.4, -0.2) is 42.8 Å². The van der Waals surface area contributed by atoms with Crippen LogP contribution < -0.4 is 5.11 Å². The maximum atomic E-state index is 11.1. The molecule has 1 amide bonds. The van der Waals surface area contributed by atoms with Crippen molar-refractivity contribution < 1.29 is 24.2 Å². The monoisotopic (exact) mass is 212 g/mol. The molecule has 0 saturated carbocycles. The average molecular weight is 212 g/mol. The number of carbonyl (C=O) groups excluding carboxylic acids is 2. The van der Waals surface area contributed by atoms with Crippen LogP contribution in [0.2, 0.25) is 0 Å². The number of nitrogens with zero attached hydrogens (tertiary/aromatic N) is 1. The fourth-order valence-corrected chi connectivity index (χ4v) is 1.72. The molecule has 2 heterocycles. The van der Waals surface area contributed by atoms with Gasteiger partial charge >= 0.3 is 0 Å². The number of rotatable bonds is 3. The minimum Gasteiger partial charge on any atom is -0.547 e. The van der Waals surface area contributed by atoms with Crippen LogP contribution in [0.15, 0.2) is 11.8 Å². The predicted molar refractivity (Wildman–Crippen MR) is 45.1 cm³/mol. The van der Waals surface area contributed by atoms with Crippen molar-refractivity contribution in [2.75, 3.05) is 13.7 Å². The lowest BCUT2D eigenvalue weighted by Gasteiger charge is -2.35. The van der Waals surface area contributed by atoms with E-state index in [9.17, 15) is 14.7 Å². The first-order chi connectivity index (χ1) is 7.15. The highest BCUT2D eigenvalue weighted by Crippen LogP contribution is 2.35. The number of carboxylic acid groups (broad SMARTS) is 1. The summed E-state index contributed by atoms with van der Waals surface area (Å²) in [4.78, 5) is 23.2. The Kier molecular flexibility index (Phi) is 2.36. The summed E-state index contributed by atoms with van der Waals surface area (Å²) in [5.41, 5.74) is 0. The normalized spacial score (nSPS) is 31.1. The quantitative estimate of drug-likeness (QED) is 0.517. The van der Waals surface area contributed by atoms with Crippen LogP contribution in [0.1, 0.15) is 6.42 Å². The molecule has 2 fully saturated rings. The van der Waals surface area contributed by atoms with Crippen molar-refractivity contribution in [2.24, 2.45) is 0 Å². The number of amides is 1. The fourth-order valence-electron chi connectivity index (χ4n) is 1.72. The Morgan fingerprint density at radius 2 is 2.53 bits per heavy atom. The summed E-state index contributed by atoms with van der Waals surface area (Å²) in [5.74, 6) is -1.32. The smallest absolute Gasteiger partial charge is 0.232 e. The first kappa shape index (κ1) is 9.97. The summed E-state index contributed by atoms with van der Waals surface area (Å²) in [6, 6.07) is -1.09. The van der Waals surface area contributed by atoms with Crippen molar-refractivity contribution in [1.82, 2.24) is 4.90 Å². The predicted octanol–water partition coefficient (Wildman–Crippen LogP) is -1.78. The third-order valence-corrected chi connectivity index (χ3v) is 2.44. The Labute approximate surface area is 86.1 Å². The number of methoxy groups -OCH3 is 1. The van der Waals surface area contributed by atoms with E-state index in [0.29, 0.717) is 0 Å². The molecule has 82 valence electrons. The van der Waals surface area contributed by atoms with Crippen molar-refractivity contribution in [3.63, 3.8) is 0 Å². The van der Waals surface area contributed by atoms with Crippen LogP contribution in [-0.2, 0) is 19.1 Å². The zero-order valence-corrected chi connectivity index (χ0v) is 8.13. The zero-order valence-electron chi connectivity index (χ0n) is 8.13. The number of hydrogen-bond acceptors (Lipinski definition) is 5. The molecule has 0 aromatic heterocycles. The van der Waals surface area contributed by atoms with E-state index in [4.69, 9.17) is 9.47 Å². The Morgan fingerprint density at radius 1 is 1.80 bits per heavy atom. The molecule has 6 heteroatoms. The number of fused-ring (bicyclic) bond motifs is 1. The second kappa shape index (κ2) is 3.54. The molecule has 2 atom stereocenters. The molecule has 0 radical (unpaired) electrons. The van der Waals surface area contributed by atoms with Gasteiger partial charge in [0.2, 0.25) is 5.91 Å². The van der Waals surface area contributed by atoms with Gasteiger partial charge in [-0.3, -0.25) is 9.69 Å². The number of carbonyl (C=O) groups is 2. The van der Waals surface area contributed by atoms with Gasteiger partial charge < -0.3 is 19.4 Å². The summed E-state index contributed by atoms with van der Waals surface area (Å²) >= 11 is 0. The van der Waals surface area contributed by atoms with E-state index in [-0.39, 0.29) is 24.7 Å². The van der Waals surface area contributed by atoms with E-state index in [1.807, 2.05) is 0 Å². The van der Waals surface area contributed by atoms with E-state index in [2.05, 4.69) is 0 Å². The average Bonchev–Trinajstić information content (AvgIpc) is 2.47. The first-order valence-electron chi connectivity index (χ1n) is 4.53. The molecule has 6 nitrogen and oxygen atoms in total. The second-order valence-electron chi connectivity index (χ2n) is 3.36. The van der Waals surface area contributed by atoms with Crippen LogP contribution in [0.4, 0.5) is 0 Å². The summed E-state index contributed by atoms with van der Waals surface area (Å²) in [6.45, 7) is 0.244. The molecule has 2 unspecified atom stereocenters. The van der Waals surface area contributed by atoms with E-state index >= 15 is 0 Å². The van der Waals surface area contributed by atoms with E-state index < -0.39 is 18.2 Å². The van der Waals surface area contributed by atoms with Crippen LogP contribution in [0.3, 0.4) is 0 Å². The fraction of sp³-hybridized carbons (Fsp3) is 0.556. The summed E-state index contributed by atoms with van der Waals surface area (Å²) in [7, 11) is 1.49. The minimum atomic E-state index is -1.33. The Morgan fingerprint density at radius 3 is 3.07 bits per heavy atom. The maximum Gasteiger partial charge on any atom is 0.232 e. The van der Waals surface area contributed by atoms with Crippen LogP contribution in [0.5, 0.6) is 0 Å². The van der Waals surface area contributed by atoms with E-state index in [0.717, 1.165) is 0 Å². The number of carboxylic acids is 1. The highest BCUT2D eigenvalue weighted by atomic mass is 16.5. The summed E-state index contributed by atoms with van der Waals surface area (Å²) in [5, 5.41) is 10.8. The Hall–Kier alpha value is -1.56. The Balaban J connectivity index is 2.19. The highest BCUT2D eigenvalue weighted by Gasteiger charge is 2.50. The number of ether oxygens (including phenoxy) is 2. The molecule has 0 aliphatic carbocycles. The largest absolute Gasteiger partial charge is 0.547 e. The van der Waals surface area contributed by atoms with Crippen LogP contribution in [0.25, 0.3) is 0 Å². The molecule has 2 rings (SSSR count). The van der Waals surface area contributed by atoms with Gasteiger partial charge in [-0.15, -0.1) is 0 Å². The molecule has 2 aliphatic rings. The lowest BCUT2D eigenvalue weighted by Crippen LogP contribution is -2.57. The van der Waals surface area contributed by atoms with Crippen LogP contribution in [0, 0.1) is 0 Å². The Bertz CT molecular complexity index is 337. The molecule has 0 bridgehead atoms. The van der Waals surface area contributed by atoms with E-state index in [1.165, 1.54) is 18.1 Å². The lowest BCUT2D eigenvalue weighted by atomic mass is 10.1. The van der Waals surface area contributed by atoms with Gasteiger partial charge in [-0.1, -0.05) is 0 Å². The van der Waals surface area contributed by atoms with Crippen molar-refractivity contribution in [2.45, 2.75) is 18.7 Å². The highest BCUT2D eigenvalue weighted by molar-refractivity contribution is 5.90. The second-order valence-corrected chi connectivity index (χ2v) is 3.36. The molecule has 0 aromatic rings. The molecule has 15 heavy (non-hydrogen) atoms. The third kappa shape index (κ3) is 1.46. The van der Waals surface area contributed by atoms with Crippen molar-refractivity contribution in [1.29, 1.82) is 0 Å². The van der Waals surface area contributed by atoms with Crippen molar-refractivity contribution >= 4 is 11.9 Å². The third-order valence-electron chi connectivity index (χ3n) is 2.44. The number of aliphatic carboxylic acids is 1. The zero-order chi connectivity index (χ0) is 11.0. The molecule has 2 saturated heterocycles. The van der Waals surface area contributed by atoms with Gasteiger partial charge in [-0.25, -0.2) is 0 Å². The molecule has 2 aliphatic heterocycles. The summed E-state index contributed by atoms with van der Waals surface area (Å²) < 4.78 is 10.0. The van der Waals surface area contributed by atoms with Gasteiger partial charge in [0.15, 0.2) is 6.23 Å². The van der Waals surface area contributed by atoms with Gasteiger partial charge in [-0.2, -0.15) is 0 Å². The topological polar surface area (TPSA) is 78.9 Å². The van der Waals surface area contributed by atoms with Gasteiger partial charge in [0.25, 0.3) is 0 Å². The van der Waals surface area contributed by atoms with Crippen molar-refractivity contribution in [3.8, 4) is 0 Å². The first-order valence-corrected chi connectivity index (χ1v) is 4.53. The molecule has 0 spiro atoms. The SMILES string of the molecule is COC/C=C1\OC2CC(=O)N2C1C(=O)[O-]. The van der Waals surface area contributed by atoms with Crippen LogP contribution >= 0.6 is 0 Å². The summed E-state index contributed by atoms with van der Waals surface area (Å²) in [6.07, 6.45) is 1.30. The van der Waals surface area contributed by atoms with Gasteiger partial charge in [0.05, 0.1) is 19.0 Å². The molecule has 0 N–H and O–H groups in total. The number of β-lactam (4-membered cyclic amide) rings is 1. The van der Waals surface area contributed by atoms with Gasteiger partial charge in [0, 0.05) is 7.11 Å². The molecular formula is C9H10NO5-. The van der Waals surface area contributed by atoms with Gasteiger partial charge in [-0.05, 0) is 6.08 Å². The lowest BCUT2D eigenvalue weighted by molar-refractivity contribution is -0.310. The number of hydrogen-bond donors (Lipinski definition) is 0. The van der Waals surface area contributed by atoms with E-state index in [1.54, 1.807) is 0 Å².